The van der Waals surface area contributed by atoms with E-state index in [0.717, 1.165) is 6.42 Å². The summed E-state index contributed by atoms with van der Waals surface area (Å²) >= 11 is 0. The molecule has 10 heavy (non-hydrogen) atoms. The molecule has 0 unspecified atom stereocenters. The number of ether oxygens (including phenoxy) is 1. The van der Waals surface area contributed by atoms with Crippen LogP contribution in [0.25, 0.3) is 0 Å². The van der Waals surface area contributed by atoms with Gasteiger partial charge in [-0.05, 0) is 12.3 Å². The van der Waals surface area contributed by atoms with Gasteiger partial charge in [-0.2, -0.15) is 0 Å². The van der Waals surface area contributed by atoms with Crippen molar-refractivity contribution in [2.24, 2.45) is 16.6 Å². The maximum absolute atomic E-state index is 5.29. The van der Waals surface area contributed by atoms with E-state index in [-0.39, 0.29) is 6.02 Å². The van der Waals surface area contributed by atoms with Crippen LogP contribution in [0.2, 0.25) is 0 Å². The van der Waals surface area contributed by atoms with Gasteiger partial charge >= 0.3 is 0 Å². The van der Waals surface area contributed by atoms with Crippen molar-refractivity contribution in [1.29, 1.82) is 0 Å². The standard InChI is InChI=1S/C7H16N2O/c1-6(2)4-5-10-7(8)9-3/h6H,4-5H2,1-3H3,(H2,8,9). The lowest BCUT2D eigenvalue weighted by Crippen LogP contribution is -2.17. The van der Waals surface area contributed by atoms with Gasteiger partial charge in [0.25, 0.3) is 6.02 Å². The molecule has 0 saturated carbocycles. The van der Waals surface area contributed by atoms with Gasteiger partial charge in [-0.3, -0.25) is 0 Å². The summed E-state index contributed by atoms with van der Waals surface area (Å²) in [4.78, 5) is 3.66. The van der Waals surface area contributed by atoms with Gasteiger partial charge in [0.05, 0.1) is 6.61 Å². The molecule has 0 aromatic rings. The van der Waals surface area contributed by atoms with Crippen molar-refractivity contribution in [1.82, 2.24) is 0 Å². The minimum absolute atomic E-state index is 0.278. The number of hydrogen-bond donors (Lipinski definition) is 1. The van der Waals surface area contributed by atoms with Gasteiger partial charge < -0.3 is 10.5 Å². The number of aliphatic imine (C=N–C) groups is 1. The van der Waals surface area contributed by atoms with E-state index in [1.807, 2.05) is 0 Å². The van der Waals surface area contributed by atoms with Gasteiger partial charge in [-0.1, -0.05) is 13.8 Å². The Bertz CT molecular complexity index is 110. The van der Waals surface area contributed by atoms with E-state index in [1.54, 1.807) is 7.05 Å². The first kappa shape index (κ1) is 9.27. The quantitative estimate of drug-likeness (QED) is 0.474. The van der Waals surface area contributed by atoms with E-state index in [9.17, 15) is 0 Å². The van der Waals surface area contributed by atoms with E-state index >= 15 is 0 Å². The molecule has 0 aromatic carbocycles. The molecule has 0 rings (SSSR count). The van der Waals surface area contributed by atoms with Gasteiger partial charge in [0.1, 0.15) is 0 Å². The molecule has 0 radical (unpaired) electrons. The van der Waals surface area contributed by atoms with Crippen LogP contribution in [0, 0.1) is 5.92 Å². The average Bonchev–Trinajstić information content (AvgIpc) is 1.87. The first-order chi connectivity index (χ1) is 4.66. The third-order valence-electron chi connectivity index (χ3n) is 1.17. The molecule has 60 valence electrons. The summed E-state index contributed by atoms with van der Waals surface area (Å²) in [6.07, 6.45) is 1.02. The molecule has 0 aliphatic heterocycles. The van der Waals surface area contributed by atoms with E-state index in [4.69, 9.17) is 10.5 Å². The van der Waals surface area contributed by atoms with Gasteiger partial charge in [0.2, 0.25) is 0 Å². The van der Waals surface area contributed by atoms with Gasteiger partial charge in [0.15, 0.2) is 0 Å². The largest absolute Gasteiger partial charge is 0.465 e. The molecule has 0 amide bonds. The fraction of sp³-hybridized carbons (Fsp3) is 0.857. The zero-order chi connectivity index (χ0) is 7.98. The zero-order valence-corrected chi connectivity index (χ0v) is 6.92. The molecule has 0 saturated heterocycles. The van der Waals surface area contributed by atoms with Crippen LogP contribution >= 0.6 is 0 Å². The Hall–Kier alpha value is -0.730. The number of hydrogen-bond acceptors (Lipinski definition) is 2. The number of amidine groups is 1. The van der Waals surface area contributed by atoms with Gasteiger partial charge in [-0.25, -0.2) is 4.99 Å². The van der Waals surface area contributed by atoms with Crippen molar-refractivity contribution in [2.75, 3.05) is 13.7 Å². The van der Waals surface area contributed by atoms with E-state index in [0.29, 0.717) is 12.5 Å². The highest BCUT2D eigenvalue weighted by Crippen LogP contribution is 1.98. The van der Waals surface area contributed by atoms with Crippen LogP contribution in [-0.2, 0) is 4.74 Å². The highest BCUT2D eigenvalue weighted by atomic mass is 16.5. The lowest BCUT2D eigenvalue weighted by Gasteiger charge is -2.05. The minimum atomic E-state index is 0.278. The third kappa shape index (κ3) is 5.41. The Labute approximate surface area is 62.3 Å². The van der Waals surface area contributed by atoms with Crippen LogP contribution < -0.4 is 5.73 Å². The van der Waals surface area contributed by atoms with E-state index in [1.165, 1.54) is 0 Å². The molecule has 0 aliphatic carbocycles. The SMILES string of the molecule is CN=C(N)OCCC(C)C. The summed E-state index contributed by atoms with van der Waals surface area (Å²) in [5, 5.41) is 0. The van der Waals surface area contributed by atoms with Crippen molar-refractivity contribution in [3.05, 3.63) is 0 Å². The Morgan fingerprint density at radius 1 is 1.60 bits per heavy atom. The van der Waals surface area contributed by atoms with Gasteiger partial charge in [-0.15, -0.1) is 0 Å². The van der Waals surface area contributed by atoms with Crippen molar-refractivity contribution >= 4 is 6.02 Å². The second kappa shape index (κ2) is 5.09. The molecule has 2 N–H and O–H groups in total. The second-order valence-electron chi connectivity index (χ2n) is 2.59. The minimum Gasteiger partial charge on any atom is -0.465 e. The Morgan fingerprint density at radius 2 is 2.20 bits per heavy atom. The maximum atomic E-state index is 5.29. The molecule has 0 aliphatic rings. The predicted octanol–water partition coefficient (Wildman–Crippen LogP) is 0.994. The van der Waals surface area contributed by atoms with Crippen LogP contribution in [0.3, 0.4) is 0 Å². The Kier molecular flexibility index (Phi) is 4.72. The Balaban J connectivity index is 3.20. The molecule has 0 atom stereocenters. The summed E-state index contributed by atoms with van der Waals surface area (Å²) in [5.41, 5.74) is 5.29. The summed E-state index contributed by atoms with van der Waals surface area (Å²) in [6, 6.07) is 0.278. The molecule has 0 spiro atoms. The predicted molar refractivity (Wildman–Crippen MR) is 43.0 cm³/mol. The summed E-state index contributed by atoms with van der Waals surface area (Å²) in [5.74, 6) is 0.657. The van der Waals surface area contributed by atoms with Gasteiger partial charge in [0, 0.05) is 7.05 Å². The first-order valence-corrected chi connectivity index (χ1v) is 3.52. The molecular formula is C7H16N2O. The Morgan fingerprint density at radius 3 is 2.60 bits per heavy atom. The van der Waals surface area contributed by atoms with E-state index < -0.39 is 0 Å². The topological polar surface area (TPSA) is 47.6 Å². The fourth-order valence-corrected chi connectivity index (χ4v) is 0.464. The zero-order valence-electron chi connectivity index (χ0n) is 6.92. The lowest BCUT2D eigenvalue weighted by atomic mass is 10.1. The lowest BCUT2D eigenvalue weighted by molar-refractivity contribution is 0.273. The monoisotopic (exact) mass is 144 g/mol. The van der Waals surface area contributed by atoms with Crippen LogP contribution in [0.1, 0.15) is 20.3 Å². The van der Waals surface area contributed by atoms with Crippen LogP contribution in [0.15, 0.2) is 4.99 Å². The summed E-state index contributed by atoms with van der Waals surface area (Å²) in [7, 11) is 1.62. The van der Waals surface area contributed by atoms with Crippen LogP contribution in [0.5, 0.6) is 0 Å². The molecule has 0 fully saturated rings. The first-order valence-electron chi connectivity index (χ1n) is 3.52. The van der Waals surface area contributed by atoms with Crippen molar-refractivity contribution in [3.8, 4) is 0 Å². The fourth-order valence-electron chi connectivity index (χ4n) is 0.464. The maximum Gasteiger partial charge on any atom is 0.281 e. The van der Waals surface area contributed by atoms with Crippen molar-refractivity contribution in [2.45, 2.75) is 20.3 Å². The van der Waals surface area contributed by atoms with Crippen LogP contribution in [0.4, 0.5) is 0 Å². The average molecular weight is 144 g/mol. The van der Waals surface area contributed by atoms with E-state index in [2.05, 4.69) is 18.8 Å². The third-order valence-corrected chi connectivity index (χ3v) is 1.17. The number of rotatable bonds is 3. The highest BCUT2D eigenvalue weighted by Gasteiger charge is 1.94. The summed E-state index contributed by atoms with van der Waals surface area (Å²) < 4.78 is 5.03. The molecule has 3 heteroatoms. The van der Waals surface area contributed by atoms with Crippen molar-refractivity contribution < 1.29 is 4.74 Å². The molecule has 3 nitrogen and oxygen atoms in total. The number of nitrogens with zero attached hydrogens (tertiary/aromatic N) is 1. The molecule has 0 bridgehead atoms. The molecule has 0 aromatic heterocycles. The molecular weight excluding hydrogens is 128 g/mol. The highest BCUT2D eigenvalue weighted by molar-refractivity contribution is 5.70. The summed E-state index contributed by atoms with van der Waals surface area (Å²) in [6.45, 7) is 4.95. The number of nitrogens with two attached hydrogens (primary N) is 1. The smallest absolute Gasteiger partial charge is 0.281 e. The van der Waals surface area contributed by atoms with Crippen molar-refractivity contribution in [3.63, 3.8) is 0 Å². The molecule has 0 heterocycles. The second-order valence-corrected chi connectivity index (χ2v) is 2.59. The normalized spacial score (nSPS) is 12.2. The van der Waals surface area contributed by atoms with Crippen LogP contribution in [-0.4, -0.2) is 19.7 Å².